The molecule has 8 heteroatoms. The number of likely N-dealkylation sites (tertiary alicyclic amines) is 1. The highest BCUT2D eigenvalue weighted by Gasteiger charge is 2.33. The first kappa shape index (κ1) is 18.9. The maximum atomic E-state index is 12.4. The zero-order chi connectivity index (χ0) is 17.7. The van der Waals surface area contributed by atoms with E-state index in [-0.39, 0.29) is 17.7 Å². The van der Waals surface area contributed by atoms with Crippen molar-refractivity contribution in [2.45, 2.75) is 39.2 Å². The summed E-state index contributed by atoms with van der Waals surface area (Å²) in [6.07, 6.45) is 3.98. The molecule has 1 N–H and O–H groups in total. The van der Waals surface area contributed by atoms with E-state index in [4.69, 9.17) is 4.52 Å². The van der Waals surface area contributed by atoms with Gasteiger partial charge in [-0.15, -0.1) is 0 Å². The van der Waals surface area contributed by atoms with Crippen LogP contribution in [-0.2, 0) is 16.3 Å². The molecule has 24 heavy (non-hydrogen) atoms. The van der Waals surface area contributed by atoms with Gasteiger partial charge in [0.15, 0.2) is 5.69 Å². The highest BCUT2D eigenvalue weighted by molar-refractivity contribution is 7.90. The normalized spacial score (nSPS) is 22.0. The van der Waals surface area contributed by atoms with Crippen molar-refractivity contribution in [2.24, 2.45) is 5.92 Å². The number of amides is 1. The molecule has 1 saturated heterocycles. The first-order valence-corrected chi connectivity index (χ1v) is 10.5. The van der Waals surface area contributed by atoms with Crippen molar-refractivity contribution in [1.29, 1.82) is 0 Å². The number of carbonyl (C=O) groups is 1. The minimum absolute atomic E-state index is 0.0128. The zero-order valence-corrected chi connectivity index (χ0v) is 15.4. The SMILES string of the molecule is CCC[C@@H]1CN(CCS(C)(=O)=O)C[C@H]1NC(=O)c1cc(CC)on1. The minimum atomic E-state index is -2.98. The molecule has 1 fully saturated rings. The Morgan fingerprint density at radius 3 is 2.75 bits per heavy atom. The van der Waals surface area contributed by atoms with E-state index >= 15 is 0 Å². The summed E-state index contributed by atoms with van der Waals surface area (Å²) in [5, 5.41) is 6.85. The summed E-state index contributed by atoms with van der Waals surface area (Å²) in [7, 11) is -2.98. The van der Waals surface area contributed by atoms with E-state index in [9.17, 15) is 13.2 Å². The topological polar surface area (TPSA) is 92.5 Å². The summed E-state index contributed by atoms with van der Waals surface area (Å²) in [5.41, 5.74) is 0.302. The van der Waals surface area contributed by atoms with E-state index in [0.29, 0.717) is 36.9 Å². The Bertz CT molecular complexity index is 656. The molecule has 0 radical (unpaired) electrons. The van der Waals surface area contributed by atoms with Gasteiger partial charge in [0, 0.05) is 44.4 Å². The van der Waals surface area contributed by atoms with Crippen molar-refractivity contribution in [2.75, 3.05) is 31.6 Å². The van der Waals surface area contributed by atoms with Gasteiger partial charge in [0.25, 0.3) is 5.91 Å². The van der Waals surface area contributed by atoms with Gasteiger partial charge in [0.05, 0.1) is 5.75 Å². The molecule has 0 unspecified atom stereocenters. The van der Waals surface area contributed by atoms with Crippen LogP contribution in [0, 0.1) is 5.92 Å². The summed E-state index contributed by atoms with van der Waals surface area (Å²) in [4.78, 5) is 14.5. The Morgan fingerprint density at radius 1 is 1.42 bits per heavy atom. The number of sulfone groups is 1. The van der Waals surface area contributed by atoms with Crippen molar-refractivity contribution in [3.63, 3.8) is 0 Å². The standard InChI is InChI=1S/C16H27N3O4S/c1-4-6-12-10-19(7-8-24(3,21)22)11-15(12)17-16(20)14-9-13(5-2)23-18-14/h9,12,15H,4-8,10-11H2,1-3H3,(H,17,20)/t12-,15-/m1/s1. The lowest BCUT2D eigenvalue weighted by atomic mass is 9.98. The first-order chi connectivity index (χ1) is 11.3. The Labute approximate surface area is 143 Å². The molecule has 1 aliphatic rings. The average Bonchev–Trinajstić information content (AvgIpc) is 3.12. The Morgan fingerprint density at radius 2 is 2.17 bits per heavy atom. The van der Waals surface area contributed by atoms with Crippen LogP contribution >= 0.6 is 0 Å². The Balaban J connectivity index is 1.97. The highest BCUT2D eigenvalue weighted by atomic mass is 32.2. The summed E-state index contributed by atoms with van der Waals surface area (Å²) < 4.78 is 27.8. The molecule has 0 saturated carbocycles. The van der Waals surface area contributed by atoms with Gasteiger partial charge in [-0.25, -0.2) is 8.42 Å². The molecule has 0 spiro atoms. The summed E-state index contributed by atoms with van der Waals surface area (Å²) in [6.45, 7) is 6.05. The van der Waals surface area contributed by atoms with Crippen LogP contribution in [0.5, 0.6) is 0 Å². The third-order valence-corrected chi connectivity index (χ3v) is 5.34. The number of nitrogens with zero attached hydrogens (tertiary/aromatic N) is 2. The van der Waals surface area contributed by atoms with Gasteiger partial charge in [-0.2, -0.15) is 0 Å². The molecular weight excluding hydrogens is 330 g/mol. The van der Waals surface area contributed by atoms with E-state index in [1.165, 1.54) is 6.26 Å². The van der Waals surface area contributed by atoms with Crippen LogP contribution in [0.1, 0.15) is 42.9 Å². The van der Waals surface area contributed by atoms with Gasteiger partial charge in [-0.3, -0.25) is 9.69 Å². The van der Waals surface area contributed by atoms with Crippen LogP contribution in [0.3, 0.4) is 0 Å². The lowest BCUT2D eigenvalue weighted by molar-refractivity contribution is 0.0920. The molecule has 1 amide bonds. The third kappa shape index (κ3) is 5.31. The van der Waals surface area contributed by atoms with E-state index < -0.39 is 9.84 Å². The summed E-state index contributed by atoms with van der Waals surface area (Å²) in [6, 6.07) is 1.68. The monoisotopic (exact) mass is 357 g/mol. The molecule has 0 aliphatic carbocycles. The van der Waals surface area contributed by atoms with E-state index in [2.05, 4.69) is 22.3 Å². The smallest absolute Gasteiger partial charge is 0.273 e. The van der Waals surface area contributed by atoms with Crippen LogP contribution < -0.4 is 5.32 Å². The lowest BCUT2D eigenvalue weighted by Crippen LogP contribution is -2.41. The second kappa shape index (κ2) is 8.11. The molecule has 2 rings (SSSR count). The van der Waals surface area contributed by atoms with Crippen LogP contribution in [0.25, 0.3) is 0 Å². The van der Waals surface area contributed by atoms with Gasteiger partial charge >= 0.3 is 0 Å². The zero-order valence-electron chi connectivity index (χ0n) is 14.6. The fourth-order valence-electron chi connectivity index (χ4n) is 3.09. The largest absolute Gasteiger partial charge is 0.361 e. The molecule has 136 valence electrons. The van der Waals surface area contributed by atoms with Crippen molar-refractivity contribution in [3.8, 4) is 0 Å². The fraction of sp³-hybridized carbons (Fsp3) is 0.750. The summed E-state index contributed by atoms with van der Waals surface area (Å²) >= 11 is 0. The number of aromatic nitrogens is 1. The molecule has 1 aromatic heterocycles. The summed E-state index contributed by atoms with van der Waals surface area (Å²) in [5.74, 6) is 0.937. The highest BCUT2D eigenvalue weighted by Crippen LogP contribution is 2.22. The van der Waals surface area contributed by atoms with E-state index in [0.717, 1.165) is 19.4 Å². The van der Waals surface area contributed by atoms with Crippen molar-refractivity contribution in [1.82, 2.24) is 15.4 Å². The van der Waals surface area contributed by atoms with Crippen molar-refractivity contribution < 1.29 is 17.7 Å². The molecule has 0 bridgehead atoms. The third-order valence-electron chi connectivity index (χ3n) is 4.41. The van der Waals surface area contributed by atoms with Crippen molar-refractivity contribution in [3.05, 3.63) is 17.5 Å². The van der Waals surface area contributed by atoms with E-state index in [1.54, 1.807) is 6.07 Å². The number of carbonyl (C=O) groups excluding carboxylic acids is 1. The minimum Gasteiger partial charge on any atom is -0.361 e. The van der Waals surface area contributed by atoms with Crippen LogP contribution in [0.2, 0.25) is 0 Å². The van der Waals surface area contributed by atoms with Crippen molar-refractivity contribution >= 4 is 15.7 Å². The number of aryl methyl sites for hydroxylation is 1. The number of hydrogen-bond donors (Lipinski definition) is 1. The predicted molar refractivity (Wildman–Crippen MR) is 91.7 cm³/mol. The number of nitrogens with one attached hydrogen (secondary N) is 1. The fourth-order valence-corrected chi connectivity index (χ4v) is 3.68. The molecule has 0 aromatic carbocycles. The second-order valence-electron chi connectivity index (χ2n) is 6.55. The Hall–Kier alpha value is -1.41. The first-order valence-electron chi connectivity index (χ1n) is 8.49. The molecule has 2 heterocycles. The molecular formula is C16H27N3O4S. The Kier molecular flexibility index (Phi) is 6.40. The molecule has 2 atom stereocenters. The van der Waals surface area contributed by atoms with Gasteiger partial charge < -0.3 is 9.84 Å². The predicted octanol–water partition coefficient (Wildman–Crippen LogP) is 1.11. The second-order valence-corrected chi connectivity index (χ2v) is 8.81. The van der Waals surface area contributed by atoms with Crippen LogP contribution in [0.15, 0.2) is 10.6 Å². The van der Waals surface area contributed by atoms with Gasteiger partial charge in [0.2, 0.25) is 0 Å². The molecule has 1 aliphatic heterocycles. The average molecular weight is 357 g/mol. The maximum absolute atomic E-state index is 12.4. The van der Waals surface area contributed by atoms with E-state index in [1.807, 2.05) is 6.92 Å². The number of rotatable bonds is 8. The van der Waals surface area contributed by atoms with Crippen LogP contribution in [-0.4, -0.2) is 62.1 Å². The maximum Gasteiger partial charge on any atom is 0.273 e. The van der Waals surface area contributed by atoms with Gasteiger partial charge in [-0.1, -0.05) is 25.4 Å². The molecule has 1 aromatic rings. The number of hydrogen-bond acceptors (Lipinski definition) is 6. The molecule has 7 nitrogen and oxygen atoms in total. The van der Waals surface area contributed by atoms with Gasteiger partial charge in [-0.05, 0) is 12.3 Å². The lowest BCUT2D eigenvalue weighted by Gasteiger charge is -2.18. The van der Waals surface area contributed by atoms with Gasteiger partial charge in [0.1, 0.15) is 15.6 Å². The quantitative estimate of drug-likeness (QED) is 0.749. The van der Waals surface area contributed by atoms with Crippen LogP contribution in [0.4, 0.5) is 0 Å².